The van der Waals surface area contributed by atoms with Gasteiger partial charge in [0, 0.05) is 4.88 Å². The highest BCUT2D eigenvalue weighted by molar-refractivity contribution is 7.09. The van der Waals surface area contributed by atoms with Gasteiger partial charge in [0.25, 0.3) is 0 Å². The van der Waals surface area contributed by atoms with Crippen LogP contribution in [0.5, 0.6) is 0 Å². The Kier molecular flexibility index (Phi) is 4.49. The molecule has 0 bridgehead atoms. The van der Waals surface area contributed by atoms with Gasteiger partial charge in [-0.3, -0.25) is 9.59 Å². The van der Waals surface area contributed by atoms with Gasteiger partial charge in [-0.15, -0.1) is 11.3 Å². The molecule has 2 N–H and O–H groups in total. The van der Waals surface area contributed by atoms with Gasteiger partial charge in [0.1, 0.15) is 5.92 Å². The first-order valence-corrected chi connectivity index (χ1v) is 5.93. The number of nitrogens with one attached hydrogen (secondary N) is 1. The van der Waals surface area contributed by atoms with Crippen molar-refractivity contribution in [2.24, 2.45) is 11.8 Å². The fraction of sp³-hybridized carbons (Fsp3) is 0.455. The van der Waals surface area contributed by atoms with Gasteiger partial charge in [-0.1, -0.05) is 19.9 Å². The number of rotatable bonds is 5. The Morgan fingerprint density at radius 3 is 2.62 bits per heavy atom. The molecule has 0 saturated carbocycles. The molecule has 0 fully saturated rings. The Balaban J connectivity index is 2.53. The third kappa shape index (κ3) is 3.34. The maximum atomic E-state index is 11.6. The minimum absolute atomic E-state index is 0.208. The van der Waals surface area contributed by atoms with Crippen molar-refractivity contribution in [2.45, 2.75) is 20.4 Å². The number of carbonyl (C=O) groups is 2. The van der Waals surface area contributed by atoms with Gasteiger partial charge in [0.15, 0.2) is 0 Å². The van der Waals surface area contributed by atoms with Gasteiger partial charge < -0.3 is 10.4 Å². The van der Waals surface area contributed by atoms with Crippen LogP contribution in [0.15, 0.2) is 17.5 Å². The molecule has 1 rings (SSSR count). The third-order valence-electron chi connectivity index (χ3n) is 2.23. The Morgan fingerprint density at radius 2 is 2.19 bits per heavy atom. The minimum atomic E-state index is -1.07. The summed E-state index contributed by atoms with van der Waals surface area (Å²) in [6.45, 7) is 3.85. The summed E-state index contributed by atoms with van der Waals surface area (Å²) in [4.78, 5) is 23.5. The molecule has 0 radical (unpaired) electrons. The summed E-state index contributed by atoms with van der Waals surface area (Å²) in [5, 5.41) is 13.5. The SMILES string of the molecule is CC(C)C(C(=O)O)C(=O)NCc1cccs1. The van der Waals surface area contributed by atoms with Crippen molar-refractivity contribution < 1.29 is 14.7 Å². The van der Waals surface area contributed by atoms with E-state index in [1.165, 1.54) is 11.3 Å². The number of carboxylic acids is 1. The normalized spacial score (nSPS) is 12.4. The highest BCUT2D eigenvalue weighted by atomic mass is 32.1. The van der Waals surface area contributed by atoms with Crippen LogP contribution in [-0.4, -0.2) is 17.0 Å². The van der Waals surface area contributed by atoms with Crippen LogP contribution in [0.25, 0.3) is 0 Å². The van der Waals surface area contributed by atoms with Gasteiger partial charge in [0.05, 0.1) is 6.54 Å². The number of thiophene rings is 1. The number of carboxylic acid groups (broad SMARTS) is 1. The summed E-state index contributed by atoms with van der Waals surface area (Å²) in [5.41, 5.74) is 0. The molecule has 88 valence electrons. The molecule has 0 aromatic carbocycles. The lowest BCUT2D eigenvalue weighted by Crippen LogP contribution is -2.37. The lowest BCUT2D eigenvalue weighted by atomic mass is 9.95. The lowest BCUT2D eigenvalue weighted by Gasteiger charge is -2.15. The van der Waals surface area contributed by atoms with Gasteiger partial charge >= 0.3 is 5.97 Å². The molecule has 0 aliphatic carbocycles. The molecule has 1 amide bonds. The maximum Gasteiger partial charge on any atom is 0.316 e. The zero-order chi connectivity index (χ0) is 12.1. The lowest BCUT2D eigenvalue weighted by molar-refractivity contribution is -0.148. The molecule has 1 unspecified atom stereocenters. The minimum Gasteiger partial charge on any atom is -0.481 e. The monoisotopic (exact) mass is 241 g/mol. The van der Waals surface area contributed by atoms with Crippen molar-refractivity contribution in [2.75, 3.05) is 0 Å². The number of amides is 1. The number of hydrogen-bond acceptors (Lipinski definition) is 3. The number of aliphatic carboxylic acids is 1. The highest BCUT2D eigenvalue weighted by Gasteiger charge is 2.29. The predicted octanol–water partition coefficient (Wildman–Crippen LogP) is 1.72. The molecule has 0 spiro atoms. The number of carbonyl (C=O) groups excluding carboxylic acids is 1. The van der Waals surface area contributed by atoms with E-state index in [2.05, 4.69) is 5.32 Å². The molecule has 0 aliphatic rings. The van der Waals surface area contributed by atoms with Gasteiger partial charge in [0.2, 0.25) is 5.91 Å². The Labute approximate surface area is 98.3 Å². The average Bonchev–Trinajstić information content (AvgIpc) is 2.65. The van der Waals surface area contributed by atoms with Gasteiger partial charge in [-0.25, -0.2) is 0 Å². The predicted molar refractivity (Wildman–Crippen MR) is 62.1 cm³/mol. The van der Waals surface area contributed by atoms with E-state index in [4.69, 9.17) is 5.11 Å². The Morgan fingerprint density at radius 1 is 1.50 bits per heavy atom. The van der Waals surface area contributed by atoms with Crippen LogP contribution in [-0.2, 0) is 16.1 Å². The topological polar surface area (TPSA) is 66.4 Å². The van der Waals surface area contributed by atoms with E-state index in [0.717, 1.165) is 4.88 Å². The van der Waals surface area contributed by atoms with Crippen LogP contribution >= 0.6 is 11.3 Å². The smallest absolute Gasteiger partial charge is 0.316 e. The van der Waals surface area contributed by atoms with E-state index in [0.29, 0.717) is 6.54 Å². The average molecular weight is 241 g/mol. The molecule has 1 atom stereocenters. The van der Waals surface area contributed by atoms with E-state index in [1.807, 2.05) is 17.5 Å². The van der Waals surface area contributed by atoms with Crippen LogP contribution in [0.1, 0.15) is 18.7 Å². The fourth-order valence-electron chi connectivity index (χ4n) is 1.40. The highest BCUT2D eigenvalue weighted by Crippen LogP contribution is 2.12. The van der Waals surface area contributed by atoms with Crippen molar-refractivity contribution in [3.63, 3.8) is 0 Å². The molecule has 1 aromatic heterocycles. The van der Waals surface area contributed by atoms with Gasteiger partial charge in [-0.2, -0.15) is 0 Å². The van der Waals surface area contributed by atoms with Crippen molar-refractivity contribution in [1.29, 1.82) is 0 Å². The van der Waals surface area contributed by atoms with Crippen molar-refractivity contribution >= 4 is 23.2 Å². The van der Waals surface area contributed by atoms with Crippen molar-refractivity contribution in [3.8, 4) is 0 Å². The summed E-state index contributed by atoms with van der Waals surface area (Å²) in [6, 6.07) is 3.79. The van der Waals surface area contributed by atoms with E-state index in [-0.39, 0.29) is 5.92 Å². The first-order valence-electron chi connectivity index (χ1n) is 5.05. The van der Waals surface area contributed by atoms with Crippen LogP contribution in [0.2, 0.25) is 0 Å². The second-order valence-corrected chi connectivity index (χ2v) is 4.89. The molecule has 5 heteroatoms. The van der Waals surface area contributed by atoms with E-state index < -0.39 is 17.8 Å². The van der Waals surface area contributed by atoms with Crippen LogP contribution in [0.4, 0.5) is 0 Å². The van der Waals surface area contributed by atoms with Crippen LogP contribution in [0.3, 0.4) is 0 Å². The van der Waals surface area contributed by atoms with E-state index in [1.54, 1.807) is 13.8 Å². The molecular weight excluding hydrogens is 226 g/mol. The summed E-state index contributed by atoms with van der Waals surface area (Å²) >= 11 is 1.53. The molecule has 16 heavy (non-hydrogen) atoms. The standard InChI is InChI=1S/C11H15NO3S/c1-7(2)9(11(14)15)10(13)12-6-8-4-3-5-16-8/h3-5,7,9H,6H2,1-2H3,(H,12,13)(H,14,15). The maximum absolute atomic E-state index is 11.6. The largest absolute Gasteiger partial charge is 0.481 e. The first-order chi connectivity index (χ1) is 7.52. The zero-order valence-electron chi connectivity index (χ0n) is 9.27. The summed E-state index contributed by atoms with van der Waals surface area (Å²) in [7, 11) is 0. The Hall–Kier alpha value is -1.36. The molecule has 1 aromatic rings. The third-order valence-corrected chi connectivity index (χ3v) is 3.11. The quantitative estimate of drug-likeness (QED) is 0.771. The van der Waals surface area contributed by atoms with E-state index >= 15 is 0 Å². The fourth-order valence-corrected chi connectivity index (χ4v) is 2.04. The summed E-state index contributed by atoms with van der Waals surface area (Å²) < 4.78 is 0. The molecule has 4 nitrogen and oxygen atoms in total. The molecular formula is C11H15NO3S. The van der Waals surface area contributed by atoms with Crippen LogP contribution < -0.4 is 5.32 Å². The van der Waals surface area contributed by atoms with Crippen molar-refractivity contribution in [1.82, 2.24) is 5.32 Å². The molecule has 0 saturated heterocycles. The van der Waals surface area contributed by atoms with Crippen molar-refractivity contribution in [3.05, 3.63) is 22.4 Å². The van der Waals surface area contributed by atoms with Gasteiger partial charge in [-0.05, 0) is 17.4 Å². The Bertz CT molecular complexity index is 359. The van der Waals surface area contributed by atoms with Crippen LogP contribution in [0, 0.1) is 11.8 Å². The number of hydrogen-bond donors (Lipinski definition) is 2. The molecule has 1 heterocycles. The van der Waals surface area contributed by atoms with E-state index in [9.17, 15) is 9.59 Å². The summed E-state index contributed by atoms with van der Waals surface area (Å²) in [5.74, 6) is -2.67. The first kappa shape index (κ1) is 12.7. The zero-order valence-corrected chi connectivity index (χ0v) is 10.1. The molecule has 0 aliphatic heterocycles. The second-order valence-electron chi connectivity index (χ2n) is 3.86. The summed E-state index contributed by atoms with van der Waals surface area (Å²) in [6.07, 6.45) is 0. The second kappa shape index (κ2) is 5.65.